The van der Waals surface area contributed by atoms with Gasteiger partial charge in [0.05, 0.1) is 0 Å². The van der Waals surface area contributed by atoms with Crippen LogP contribution in [-0.4, -0.2) is 24.0 Å². The van der Waals surface area contributed by atoms with Crippen molar-refractivity contribution in [3.8, 4) is 11.1 Å². The molecule has 1 heterocycles. The third-order valence-electron chi connectivity index (χ3n) is 5.17. The van der Waals surface area contributed by atoms with Gasteiger partial charge < -0.3 is 14.5 Å². The maximum Gasteiger partial charge on any atom is 0.407 e. The predicted octanol–water partition coefficient (Wildman–Crippen LogP) is 4.87. The normalized spacial score (nSPS) is 13.4. The molecular formula is C23H22N2O4. The highest BCUT2D eigenvalue weighted by molar-refractivity contribution is 5.79. The minimum Gasteiger partial charge on any atom is -0.449 e. The molecule has 148 valence electrons. The molecule has 6 nitrogen and oxygen atoms in total. The minimum absolute atomic E-state index is 0.00109. The number of amides is 1. The van der Waals surface area contributed by atoms with Crippen LogP contribution in [-0.2, 0) is 4.74 Å². The summed E-state index contributed by atoms with van der Waals surface area (Å²) in [4.78, 5) is 27.4. The highest BCUT2D eigenvalue weighted by Crippen LogP contribution is 2.44. The van der Waals surface area contributed by atoms with Gasteiger partial charge in [-0.3, -0.25) is 4.79 Å². The zero-order valence-corrected chi connectivity index (χ0v) is 16.1. The van der Waals surface area contributed by atoms with E-state index in [2.05, 4.69) is 34.6 Å². The molecule has 0 saturated carbocycles. The lowest BCUT2D eigenvalue weighted by atomic mass is 9.98. The molecule has 1 N–H and O–H groups in total. The Kier molecular flexibility index (Phi) is 5.42. The quantitative estimate of drug-likeness (QED) is 0.582. The lowest BCUT2D eigenvalue weighted by Gasteiger charge is -2.17. The van der Waals surface area contributed by atoms with E-state index in [1.165, 1.54) is 17.4 Å². The molecule has 3 aromatic rings. The smallest absolute Gasteiger partial charge is 0.407 e. The summed E-state index contributed by atoms with van der Waals surface area (Å²) in [5.41, 5.74) is 4.89. The Morgan fingerprint density at radius 1 is 1.17 bits per heavy atom. The van der Waals surface area contributed by atoms with Gasteiger partial charge >= 0.3 is 6.09 Å². The van der Waals surface area contributed by atoms with E-state index in [1.54, 1.807) is 0 Å². The van der Waals surface area contributed by atoms with Gasteiger partial charge in [-0.15, -0.1) is 0 Å². The monoisotopic (exact) mass is 390 g/mol. The maximum absolute atomic E-state index is 12.5. The van der Waals surface area contributed by atoms with Gasteiger partial charge in [0.25, 0.3) is 0 Å². The second-order valence-electron chi connectivity index (χ2n) is 7.04. The van der Waals surface area contributed by atoms with E-state index >= 15 is 0 Å². The molecule has 1 amide bonds. The summed E-state index contributed by atoms with van der Waals surface area (Å²) < 4.78 is 10.9. The van der Waals surface area contributed by atoms with Crippen LogP contribution in [0.4, 0.5) is 4.79 Å². The van der Waals surface area contributed by atoms with Crippen LogP contribution in [0.25, 0.3) is 11.1 Å². The average Bonchev–Trinajstić information content (AvgIpc) is 3.35. The number of rotatable bonds is 7. The molecule has 1 aliphatic rings. The van der Waals surface area contributed by atoms with Crippen LogP contribution in [0.15, 0.2) is 59.2 Å². The predicted molar refractivity (Wildman–Crippen MR) is 108 cm³/mol. The van der Waals surface area contributed by atoms with Crippen LogP contribution < -0.4 is 5.32 Å². The van der Waals surface area contributed by atoms with Gasteiger partial charge in [-0.2, -0.15) is 0 Å². The maximum atomic E-state index is 12.5. The number of oxazole rings is 1. The number of nitrogens with zero attached hydrogens (tertiary/aromatic N) is 1. The Morgan fingerprint density at radius 3 is 2.41 bits per heavy atom. The number of carbonyl (C=O) groups is 2. The molecule has 29 heavy (non-hydrogen) atoms. The van der Waals surface area contributed by atoms with Gasteiger partial charge in [0, 0.05) is 5.92 Å². The molecule has 0 saturated heterocycles. The number of nitrogens with one attached hydrogen (secondary N) is 1. The first-order valence-electron chi connectivity index (χ1n) is 9.73. The van der Waals surface area contributed by atoms with Crippen LogP contribution in [0.2, 0.25) is 0 Å². The highest BCUT2D eigenvalue weighted by Gasteiger charge is 2.29. The van der Waals surface area contributed by atoms with Crippen molar-refractivity contribution in [2.45, 2.75) is 31.7 Å². The van der Waals surface area contributed by atoms with Crippen LogP contribution >= 0.6 is 0 Å². The summed E-state index contributed by atoms with van der Waals surface area (Å²) in [6.45, 7) is 2.24. The van der Waals surface area contributed by atoms with Crippen molar-refractivity contribution in [2.75, 3.05) is 6.61 Å². The molecule has 1 atom stereocenters. The van der Waals surface area contributed by atoms with Crippen LogP contribution in [0, 0.1) is 0 Å². The summed E-state index contributed by atoms with van der Waals surface area (Å²) in [5.74, 6) is 0.309. The van der Waals surface area contributed by atoms with E-state index in [9.17, 15) is 9.59 Å². The van der Waals surface area contributed by atoms with Gasteiger partial charge in [-0.25, -0.2) is 9.78 Å². The van der Waals surface area contributed by atoms with Crippen molar-refractivity contribution in [1.82, 2.24) is 10.3 Å². The highest BCUT2D eigenvalue weighted by atomic mass is 16.5. The fraction of sp³-hybridized carbons (Fsp3) is 0.261. The van der Waals surface area contributed by atoms with Crippen molar-refractivity contribution < 1.29 is 18.7 Å². The first-order valence-corrected chi connectivity index (χ1v) is 9.73. The number of hydrogen-bond donors (Lipinski definition) is 1. The summed E-state index contributed by atoms with van der Waals surface area (Å²) in [6.07, 6.45) is 2.81. The Balaban J connectivity index is 1.46. The average molecular weight is 390 g/mol. The second kappa shape index (κ2) is 8.31. The molecule has 0 unspecified atom stereocenters. The number of benzene rings is 2. The van der Waals surface area contributed by atoms with Gasteiger partial charge in [0.15, 0.2) is 6.29 Å². The van der Waals surface area contributed by atoms with Gasteiger partial charge in [-0.05, 0) is 28.7 Å². The van der Waals surface area contributed by atoms with Crippen molar-refractivity contribution >= 4 is 12.4 Å². The van der Waals surface area contributed by atoms with Crippen molar-refractivity contribution in [1.29, 1.82) is 0 Å². The molecule has 1 aliphatic carbocycles. The number of ether oxygens (including phenoxy) is 1. The Hall–Kier alpha value is -3.41. The van der Waals surface area contributed by atoms with Gasteiger partial charge in [0.2, 0.25) is 5.89 Å². The zero-order chi connectivity index (χ0) is 20.2. The number of aldehydes is 1. The van der Waals surface area contributed by atoms with Gasteiger partial charge in [0.1, 0.15) is 24.6 Å². The van der Waals surface area contributed by atoms with E-state index < -0.39 is 12.1 Å². The van der Waals surface area contributed by atoms with E-state index in [4.69, 9.17) is 9.15 Å². The zero-order valence-electron chi connectivity index (χ0n) is 16.1. The third kappa shape index (κ3) is 3.78. The fourth-order valence-corrected chi connectivity index (χ4v) is 3.84. The first-order chi connectivity index (χ1) is 14.2. The second-order valence-corrected chi connectivity index (χ2v) is 7.04. The molecule has 1 aromatic heterocycles. The van der Waals surface area contributed by atoms with Crippen LogP contribution in [0.1, 0.15) is 59.2 Å². The SMILES string of the molecule is CCC[C@@H](NC(=O)OCC1c2ccccc2-c2ccccc21)c1nc(C=O)co1. The fourth-order valence-electron chi connectivity index (χ4n) is 3.84. The molecule has 2 aromatic carbocycles. The molecule has 0 radical (unpaired) electrons. The molecular weight excluding hydrogens is 368 g/mol. The number of hydrogen-bond acceptors (Lipinski definition) is 5. The van der Waals surface area contributed by atoms with Gasteiger partial charge in [-0.1, -0.05) is 61.9 Å². The molecule has 4 rings (SSSR count). The summed E-state index contributed by atoms with van der Waals surface area (Å²) in [5, 5.41) is 2.81. The molecule has 0 fully saturated rings. The number of alkyl carbamates (subject to hydrolysis) is 1. The summed E-state index contributed by atoms with van der Waals surface area (Å²) in [7, 11) is 0. The van der Waals surface area contributed by atoms with Crippen molar-refractivity contribution in [2.24, 2.45) is 0 Å². The summed E-state index contributed by atoms with van der Waals surface area (Å²) >= 11 is 0. The van der Waals surface area contributed by atoms with Crippen molar-refractivity contribution in [3.63, 3.8) is 0 Å². The largest absolute Gasteiger partial charge is 0.449 e. The Labute approximate surface area is 168 Å². The lowest BCUT2D eigenvalue weighted by Crippen LogP contribution is -2.30. The number of carbonyl (C=O) groups excluding carboxylic acids is 2. The Bertz CT molecular complexity index is 981. The Morgan fingerprint density at radius 2 is 1.83 bits per heavy atom. The lowest BCUT2D eigenvalue weighted by molar-refractivity contribution is 0.111. The number of aromatic nitrogens is 1. The van der Waals surface area contributed by atoms with E-state index in [0.29, 0.717) is 18.6 Å². The standard InChI is InChI=1S/C23H22N2O4/c1-2-7-21(22-24-15(12-26)13-28-22)25-23(27)29-14-20-18-10-5-3-8-16(18)17-9-4-6-11-19(17)20/h3-6,8-13,20-21H,2,7,14H2,1H3,(H,25,27)/t21-/m1/s1. The molecule has 0 spiro atoms. The van der Waals surface area contributed by atoms with Crippen molar-refractivity contribution in [3.05, 3.63) is 77.5 Å². The minimum atomic E-state index is -0.531. The molecule has 0 bridgehead atoms. The van der Waals surface area contributed by atoms with Crippen LogP contribution in [0.3, 0.4) is 0 Å². The van der Waals surface area contributed by atoms with E-state index in [0.717, 1.165) is 17.5 Å². The molecule has 6 heteroatoms. The molecule has 0 aliphatic heterocycles. The van der Waals surface area contributed by atoms with E-state index in [1.807, 2.05) is 31.2 Å². The summed E-state index contributed by atoms with van der Waals surface area (Å²) in [6, 6.07) is 15.9. The van der Waals surface area contributed by atoms with Crippen LogP contribution in [0.5, 0.6) is 0 Å². The topological polar surface area (TPSA) is 81.4 Å². The number of fused-ring (bicyclic) bond motifs is 3. The first kappa shape index (κ1) is 18.9. The third-order valence-corrected chi connectivity index (χ3v) is 5.17. The van der Waals surface area contributed by atoms with E-state index in [-0.39, 0.29) is 18.2 Å².